The minimum Gasteiger partial charge on any atom is -0.392 e. The molecule has 0 radical (unpaired) electrons. The van der Waals surface area contributed by atoms with Crippen molar-refractivity contribution in [1.29, 1.82) is 0 Å². The van der Waals surface area contributed by atoms with E-state index >= 15 is 0 Å². The predicted molar refractivity (Wildman–Crippen MR) is 67.8 cm³/mol. The molecule has 1 N–H and O–H groups in total. The van der Waals surface area contributed by atoms with E-state index in [0.29, 0.717) is 11.5 Å². The number of rotatable bonds is 5. The molecule has 0 spiro atoms. The lowest BCUT2D eigenvalue weighted by Gasteiger charge is -2.13. The summed E-state index contributed by atoms with van der Waals surface area (Å²) in [6.45, 7) is 0.814. The molecule has 1 fully saturated rings. The molecule has 1 heterocycles. The number of carbonyl (C=O) groups is 2. The van der Waals surface area contributed by atoms with Gasteiger partial charge in [0.15, 0.2) is 0 Å². The molecule has 1 aliphatic heterocycles. The third-order valence-corrected chi connectivity index (χ3v) is 3.64. The van der Waals surface area contributed by atoms with Gasteiger partial charge in [0, 0.05) is 11.5 Å². The van der Waals surface area contributed by atoms with Crippen LogP contribution in [0.25, 0.3) is 0 Å². The normalized spacial score (nSPS) is 21.8. The Morgan fingerprint density at radius 3 is 2.88 bits per heavy atom. The van der Waals surface area contributed by atoms with Crippen LogP contribution in [-0.2, 0) is 14.3 Å². The van der Waals surface area contributed by atoms with Crippen molar-refractivity contribution in [1.82, 2.24) is 5.32 Å². The highest BCUT2D eigenvalue weighted by Crippen LogP contribution is 2.12. The van der Waals surface area contributed by atoms with E-state index in [9.17, 15) is 9.59 Å². The summed E-state index contributed by atoms with van der Waals surface area (Å²) in [5.74, 6) is -0.166. The Labute approximate surface area is 105 Å². The van der Waals surface area contributed by atoms with Crippen molar-refractivity contribution in [3.63, 3.8) is 0 Å². The summed E-state index contributed by atoms with van der Waals surface area (Å²) in [4.78, 5) is 23.1. The van der Waals surface area contributed by atoms with Crippen molar-refractivity contribution in [2.24, 2.45) is 5.92 Å². The van der Waals surface area contributed by atoms with Crippen LogP contribution in [0.2, 0.25) is 0 Å². The molecule has 4 nitrogen and oxygen atoms in total. The van der Waals surface area contributed by atoms with Crippen LogP contribution in [0, 0.1) is 5.92 Å². The lowest BCUT2D eigenvalue weighted by molar-refractivity contribution is -0.162. The van der Waals surface area contributed by atoms with Gasteiger partial charge in [0.05, 0.1) is 5.92 Å². The molecular weight excluding hydrogens is 246 g/mol. The molecule has 0 amide bonds. The minimum atomic E-state index is -0.456. The third kappa shape index (κ3) is 3.99. The van der Waals surface area contributed by atoms with E-state index in [1.165, 1.54) is 0 Å². The molecule has 6 heteroatoms. The van der Waals surface area contributed by atoms with Gasteiger partial charge in [-0.2, -0.15) is 24.4 Å². The predicted octanol–water partition coefficient (Wildman–Crippen LogP) is 0.717. The summed E-state index contributed by atoms with van der Waals surface area (Å²) in [5, 5.41) is 3.00. The Balaban J connectivity index is 2.39. The number of nitrogens with one attached hydrogen (secondary N) is 1. The molecule has 1 rings (SSSR count). The fraction of sp³-hybridized carbons (Fsp3) is 0.800. The molecule has 92 valence electrons. The van der Waals surface area contributed by atoms with Crippen LogP contribution in [0.5, 0.6) is 0 Å². The molecule has 0 saturated carbocycles. The van der Waals surface area contributed by atoms with E-state index in [1.54, 1.807) is 11.8 Å². The number of hydrogen-bond donors (Lipinski definition) is 2. The summed E-state index contributed by atoms with van der Waals surface area (Å²) in [7, 11) is 0. The fourth-order valence-corrected chi connectivity index (χ4v) is 2.64. The lowest BCUT2D eigenvalue weighted by atomic mass is 10.2. The molecular formula is C10H17NO3S2. The first-order valence-electron chi connectivity index (χ1n) is 5.27. The molecule has 1 saturated heterocycles. The lowest BCUT2D eigenvalue weighted by Crippen LogP contribution is -2.36. The maximum atomic E-state index is 11.6. The van der Waals surface area contributed by atoms with Crippen LogP contribution >= 0.6 is 24.4 Å². The molecule has 0 aliphatic carbocycles. The Morgan fingerprint density at radius 1 is 1.62 bits per heavy atom. The monoisotopic (exact) mass is 263 g/mol. The van der Waals surface area contributed by atoms with Crippen LogP contribution in [0.4, 0.5) is 0 Å². The van der Waals surface area contributed by atoms with E-state index < -0.39 is 11.9 Å². The summed E-state index contributed by atoms with van der Waals surface area (Å²) in [6.07, 6.45) is 3.61. The fourth-order valence-electron chi connectivity index (χ4n) is 1.54. The molecule has 0 aromatic rings. The largest absolute Gasteiger partial charge is 0.392 e. The standard InChI is InChI=1S/C10H17NO3S2/c1-16-6-7(5-15)9(12)14-10(13)8-3-2-4-11-8/h7-8,11,15H,2-6H2,1H3/t7?,8-/m0/s1. The first-order valence-corrected chi connectivity index (χ1v) is 7.30. The molecule has 0 bridgehead atoms. The first kappa shape index (κ1) is 13.9. The van der Waals surface area contributed by atoms with Gasteiger partial charge in [0.1, 0.15) is 6.04 Å². The zero-order valence-corrected chi connectivity index (χ0v) is 11.0. The van der Waals surface area contributed by atoms with E-state index in [1.807, 2.05) is 6.26 Å². The molecule has 0 aromatic carbocycles. The summed E-state index contributed by atoms with van der Waals surface area (Å²) in [6, 6.07) is -0.307. The van der Waals surface area contributed by atoms with E-state index in [2.05, 4.69) is 17.9 Å². The Morgan fingerprint density at radius 2 is 2.38 bits per heavy atom. The maximum absolute atomic E-state index is 11.6. The average molecular weight is 263 g/mol. The second kappa shape index (κ2) is 7.19. The van der Waals surface area contributed by atoms with Gasteiger partial charge < -0.3 is 10.1 Å². The maximum Gasteiger partial charge on any atom is 0.330 e. The van der Waals surface area contributed by atoms with Crippen LogP contribution in [-0.4, -0.2) is 42.3 Å². The molecule has 16 heavy (non-hydrogen) atoms. The van der Waals surface area contributed by atoms with Crippen molar-refractivity contribution >= 4 is 36.3 Å². The summed E-state index contributed by atoms with van der Waals surface area (Å²) < 4.78 is 4.84. The van der Waals surface area contributed by atoms with Gasteiger partial charge in [0.2, 0.25) is 0 Å². The number of thiol groups is 1. The Hall–Kier alpha value is -0.200. The van der Waals surface area contributed by atoms with Crippen LogP contribution < -0.4 is 5.32 Å². The average Bonchev–Trinajstić information content (AvgIpc) is 2.78. The van der Waals surface area contributed by atoms with Gasteiger partial charge in [0.25, 0.3) is 0 Å². The smallest absolute Gasteiger partial charge is 0.330 e. The third-order valence-electron chi connectivity index (χ3n) is 2.47. The second-order valence-electron chi connectivity index (χ2n) is 3.72. The van der Waals surface area contributed by atoms with Gasteiger partial charge in [-0.05, 0) is 25.6 Å². The van der Waals surface area contributed by atoms with Gasteiger partial charge in [-0.3, -0.25) is 4.79 Å². The zero-order valence-electron chi connectivity index (χ0n) is 9.27. The number of esters is 2. The number of ether oxygens (including phenoxy) is 1. The number of hydrogen-bond acceptors (Lipinski definition) is 6. The van der Waals surface area contributed by atoms with Crippen LogP contribution in [0.1, 0.15) is 12.8 Å². The Bertz CT molecular complexity index is 254. The zero-order chi connectivity index (χ0) is 12.0. The van der Waals surface area contributed by atoms with Crippen molar-refractivity contribution in [3.8, 4) is 0 Å². The topological polar surface area (TPSA) is 55.4 Å². The van der Waals surface area contributed by atoms with Crippen molar-refractivity contribution in [2.45, 2.75) is 18.9 Å². The SMILES string of the molecule is CSCC(CS)C(=O)OC(=O)[C@@H]1CCCN1. The van der Waals surface area contributed by atoms with Gasteiger partial charge in [-0.25, -0.2) is 4.79 Å². The van der Waals surface area contributed by atoms with Crippen molar-refractivity contribution in [3.05, 3.63) is 0 Å². The van der Waals surface area contributed by atoms with Crippen LogP contribution in [0.3, 0.4) is 0 Å². The highest BCUT2D eigenvalue weighted by molar-refractivity contribution is 7.98. The van der Waals surface area contributed by atoms with Crippen molar-refractivity contribution < 1.29 is 14.3 Å². The molecule has 1 unspecified atom stereocenters. The van der Waals surface area contributed by atoms with Crippen molar-refractivity contribution in [2.75, 3.05) is 24.3 Å². The minimum absolute atomic E-state index is 0.302. The van der Waals surface area contributed by atoms with Gasteiger partial charge in [-0.1, -0.05) is 0 Å². The van der Waals surface area contributed by atoms with E-state index in [4.69, 9.17) is 4.74 Å². The quantitative estimate of drug-likeness (QED) is 0.435. The highest BCUT2D eigenvalue weighted by atomic mass is 32.2. The summed E-state index contributed by atoms with van der Waals surface area (Å²) in [5.41, 5.74) is 0. The number of carbonyl (C=O) groups excluding carboxylic acids is 2. The summed E-state index contributed by atoms with van der Waals surface area (Å²) >= 11 is 5.63. The van der Waals surface area contributed by atoms with E-state index in [-0.39, 0.29) is 12.0 Å². The van der Waals surface area contributed by atoms with Gasteiger partial charge >= 0.3 is 11.9 Å². The highest BCUT2D eigenvalue weighted by Gasteiger charge is 2.28. The molecule has 2 atom stereocenters. The Kier molecular flexibility index (Phi) is 6.23. The molecule has 1 aliphatic rings. The first-order chi connectivity index (χ1) is 7.69. The number of thioether (sulfide) groups is 1. The molecule has 0 aromatic heterocycles. The van der Waals surface area contributed by atoms with Crippen LogP contribution in [0.15, 0.2) is 0 Å². The second-order valence-corrected chi connectivity index (χ2v) is 5.00. The van der Waals surface area contributed by atoms with Gasteiger partial charge in [-0.15, -0.1) is 0 Å². The van der Waals surface area contributed by atoms with E-state index in [0.717, 1.165) is 19.4 Å².